The molecule has 2 aliphatic carbocycles. The Morgan fingerprint density at radius 2 is 1.92 bits per heavy atom. The van der Waals surface area contributed by atoms with Crippen molar-refractivity contribution in [3.63, 3.8) is 0 Å². The van der Waals surface area contributed by atoms with Crippen molar-refractivity contribution in [3.8, 4) is 0 Å². The van der Waals surface area contributed by atoms with Crippen LogP contribution in [0.15, 0.2) is 30.3 Å². The standard InChI is InChI=1S/C20H25NO4/c1-2-24-18(22)17-15-8-9-20(10-11-20)16(15)12-21(17)19(23)25-13-14-6-4-3-5-7-14/h3-7,15-17H,2,8-13H2,1H3/t15-,16-,17-/m0/s1. The maximum atomic E-state index is 12.7. The Morgan fingerprint density at radius 3 is 2.60 bits per heavy atom. The molecular formula is C20H25NO4. The van der Waals surface area contributed by atoms with Crippen molar-refractivity contribution in [1.82, 2.24) is 4.90 Å². The average molecular weight is 343 g/mol. The first-order chi connectivity index (χ1) is 12.1. The minimum absolute atomic E-state index is 0.228. The van der Waals surface area contributed by atoms with Crippen molar-refractivity contribution in [1.29, 1.82) is 0 Å². The predicted octanol–water partition coefficient (Wildman–Crippen LogP) is 3.38. The molecule has 1 saturated heterocycles. The lowest BCUT2D eigenvalue weighted by atomic mass is 9.87. The third-order valence-corrected chi connectivity index (χ3v) is 6.27. The van der Waals surface area contributed by atoms with Crippen LogP contribution in [0.5, 0.6) is 0 Å². The zero-order valence-electron chi connectivity index (χ0n) is 14.6. The van der Waals surface area contributed by atoms with Crippen molar-refractivity contribution >= 4 is 12.1 Å². The molecule has 134 valence electrons. The summed E-state index contributed by atoms with van der Waals surface area (Å²) in [5, 5.41) is 0. The summed E-state index contributed by atoms with van der Waals surface area (Å²) in [5.41, 5.74) is 1.32. The predicted molar refractivity (Wildman–Crippen MR) is 91.6 cm³/mol. The number of rotatable bonds is 4. The molecule has 5 nitrogen and oxygen atoms in total. The summed E-state index contributed by atoms with van der Waals surface area (Å²) < 4.78 is 10.8. The van der Waals surface area contributed by atoms with Gasteiger partial charge in [0.15, 0.2) is 0 Å². The Hall–Kier alpha value is -2.04. The van der Waals surface area contributed by atoms with E-state index in [1.165, 1.54) is 19.3 Å². The minimum atomic E-state index is -0.479. The molecule has 0 unspecified atom stereocenters. The Morgan fingerprint density at radius 1 is 1.16 bits per heavy atom. The van der Waals surface area contributed by atoms with Crippen LogP contribution in [0, 0.1) is 17.3 Å². The monoisotopic (exact) mass is 343 g/mol. The smallest absolute Gasteiger partial charge is 0.410 e. The second-order valence-electron chi connectivity index (χ2n) is 7.56. The van der Waals surface area contributed by atoms with E-state index >= 15 is 0 Å². The third kappa shape index (κ3) is 2.90. The van der Waals surface area contributed by atoms with Crippen LogP contribution in [0.2, 0.25) is 0 Å². The molecule has 3 atom stereocenters. The molecule has 0 bridgehead atoms. The Labute approximate surface area is 148 Å². The normalized spacial score (nSPS) is 28.7. The van der Waals surface area contributed by atoms with E-state index in [2.05, 4.69) is 0 Å². The summed E-state index contributed by atoms with van der Waals surface area (Å²) in [7, 11) is 0. The summed E-state index contributed by atoms with van der Waals surface area (Å²) >= 11 is 0. The van der Waals surface area contributed by atoms with E-state index in [1.807, 2.05) is 30.3 Å². The first-order valence-corrected chi connectivity index (χ1v) is 9.28. The number of nitrogens with zero attached hydrogens (tertiary/aromatic N) is 1. The van der Waals surface area contributed by atoms with E-state index in [0.29, 0.717) is 24.5 Å². The number of hydrogen-bond donors (Lipinski definition) is 0. The SMILES string of the molecule is CCOC(=O)[C@@H]1[C@H]2CCC3(CC3)[C@H]2CN1C(=O)OCc1ccccc1. The molecule has 3 aliphatic rings. The molecule has 0 N–H and O–H groups in total. The van der Waals surface area contributed by atoms with Crippen LogP contribution in [0.3, 0.4) is 0 Å². The molecule has 1 spiro atoms. The van der Waals surface area contributed by atoms with Crippen LogP contribution in [0.4, 0.5) is 4.79 Å². The van der Waals surface area contributed by atoms with Crippen LogP contribution in [-0.2, 0) is 20.9 Å². The molecule has 5 heteroatoms. The molecular weight excluding hydrogens is 318 g/mol. The number of benzene rings is 1. The van der Waals surface area contributed by atoms with Crippen LogP contribution in [0.1, 0.15) is 38.2 Å². The van der Waals surface area contributed by atoms with E-state index in [9.17, 15) is 9.59 Å². The number of amides is 1. The topological polar surface area (TPSA) is 55.8 Å². The maximum Gasteiger partial charge on any atom is 0.410 e. The summed E-state index contributed by atoms with van der Waals surface area (Å²) in [6, 6.07) is 9.14. The highest BCUT2D eigenvalue weighted by Gasteiger charge is 2.64. The van der Waals surface area contributed by atoms with Gasteiger partial charge in [-0.25, -0.2) is 9.59 Å². The Kier molecular flexibility index (Phi) is 4.18. The van der Waals surface area contributed by atoms with Crippen LogP contribution >= 0.6 is 0 Å². The van der Waals surface area contributed by atoms with Gasteiger partial charge < -0.3 is 9.47 Å². The lowest BCUT2D eigenvalue weighted by Gasteiger charge is -2.25. The van der Waals surface area contributed by atoms with E-state index in [-0.39, 0.29) is 18.5 Å². The van der Waals surface area contributed by atoms with Crippen molar-refractivity contribution in [2.75, 3.05) is 13.2 Å². The average Bonchev–Trinajstić information content (AvgIpc) is 3.19. The zero-order chi connectivity index (χ0) is 17.4. The largest absolute Gasteiger partial charge is 0.464 e. The highest BCUT2D eigenvalue weighted by molar-refractivity contribution is 5.83. The fourth-order valence-electron chi connectivity index (χ4n) is 4.86. The fraction of sp³-hybridized carbons (Fsp3) is 0.600. The van der Waals surface area contributed by atoms with Gasteiger partial charge in [-0.2, -0.15) is 0 Å². The quantitative estimate of drug-likeness (QED) is 0.787. The highest BCUT2D eigenvalue weighted by atomic mass is 16.6. The van der Waals surface area contributed by atoms with E-state index in [4.69, 9.17) is 9.47 Å². The van der Waals surface area contributed by atoms with Gasteiger partial charge in [0.1, 0.15) is 12.6 Å². The second-order valence-corrected chi connectivity index (χ2v) is 7.56. The maximum absolute atomic E-state index is 12.7. The number of carbonyl (C=O) groups excluding carboxylic acids is 2. The molecule has 0 radical (unpaired) electrons. The van der Waals surface area contributed by atoms with Gasteiger partial charge >= 0.3 is 12.1 Å². The molecule has 4 rings (SSSR count). The van der Waals surface area contributed by atoms with Crippen molar-refractivity contribution in [3.05, 3.63) is 35.9 Å². The minimum Gasteiger partial charge on any atom is -0.464 e. The number of carbonyl (C=O) groups is 2. The van der Waals surface area contributed by atoms with Gasteiger partial charge in [0.05, 0.1) is 6.61 Å². The number of likely N-dealkylation sites (tertiary alicyclic amines) is 1. The third-order valence-electron chi connectivity index (χ3n) is 6.27. The van der Waals surface area contributed by atoms with Gasteiger partial charge in [-0.15, -0.1) is 0 Å². The lowest BCUT2D eigenvalue weighted by molar-refractivity contribution is -0.149. The van der Waals surface area contributed by atoms with Crippen LogP contribution in [0.25, 0.3) is 0 Å². The number of ether oxygens (including phenoxy) is 2. The molecule has 0 aromatic heterocycles. The molecule has 1 aliphatic heterocycles. The van der Waals surface area contributed by atoms with Crippen molar-refractivity contribution in [2.45, 2.75) is 45.3 Å². The second kappa shape index (κ2) is 6.36. The van der Waals surface area contributed by atoms with Crippen molar-refractivity contribution < 1.29 is 19.1 Å². The molecule has 2 saturated carbocycles. The van der Waals surface area contributed by atoms with Gasteiger partial charge in [-0.05, 0) is 55.4 Å². The van der Waals surface area contributed by atoms with Crippen LogP contribution in [-0.4, -0.2) is 36.2 Å². The van der Waals surface area contributed by atoms with Gasteiger partial charge in [-0.3, -0.25) is 4.90 Å². The van der Waals surface area contributed by atoms with E-state index < -0.39 is 12.1 Å². The molecule has 25 heavy (non-hydrogen) atoms. The van der Waals surface area contributed by atoms with E-state index in [0.717, 1.165) is 12.0 Å². The summed E-state index contributed by atoms with van der Waals surface area (Å²) in [6.45, 7) is 3.00. The molecule has 3 fully saturated rings. The summed E-state index contributed by atoms with van der Waals surface area (Å²) in [4.78, 5) is 26.9. The molecule has 1 amide bonds. The molecule has 1 heterocycles. The zero-order valence-corrected chi connectivity index (χ0v) is 14.6. The Bertz CT molecular complexity index is 655. The summed E-state index contributed by atoms with van der Waals surface area (Å²) in [6.07, 6.45) is 4.27. The lowest BCUT2D eigenvalue weighted by Crippen LogP contribution is -2.44. The van der Waals surface area contributed by atoms with E-state index in [1.54, 1.807) is 11.8 Å². The van der Waals surface area contributed by atoms with Gasteiger partial charge in [0.2, 0.25) is 0 Å². The first-order valence-electron chi connectivity index (χ1n) is 9.28. The fourth-order valence-corrected chi connectivity index (χ4v) is 4.86. The van der Waals surface area contributed by atoms with Crippen molar-refractivity contribution in [2.24, 2.45) is 17.3 Å². The molecule has 1 aromatic carbocycles. The highest BCUT2D eigenvalue weighted by Crippen LogP contribution is 2.66. The van der Waals surface area contributed by atoms with Crippen LogP contribution < -0.4 is 0 Å². The number of esters is 1. The molecule has 1 aromatic rings. The number of fused-ring (bicyclic) bond motifs is 2. The number of hydrogen-bond acceptors (Lipinski definition) is 4. The summed E-state index contributed by atoms with van der Waals surface area (Å²) in [5.74, 6) is 0.376. The van der Waals surface area contributed by atoms with Gasteiger partial charge in [-0.1, -0.05) is 30.3 Å². The Balaban J connectivity index is 1.48. The van der Waals surface area contributed by atoms with Gasteiger partial charge in [0.25, 0.3) is 0 Å². The first kappa shape index (κ1) is 16.4. The van der Waals surface area contributed by atoms with Gasteiger partial charge in [0, 0.05) is 6.54 Å².